The highest BCUT2D eigenvalue weighted by atomic mass is 16.6. The number of nitrogens with two attached hydrogens (primary N) is 1. The van der Waals surface area contributed by atoms with Crippen LogP contribution in [-0.4, -0.2) is 170 Å². The number of ether oxygens (including phenoxy) is 3. The number of benzene rings is 1. The summed E-state index contributed by atoms with van der Waals surface area (Å²) < 4.78 is 16.4. The van der Waals surface area contributed by atoms with Crippen molar-refractivity contribution in [1.82, 2.24) is 47.4 Å². The van der Waals surface area contributed by atoms with Crippen LogP contribution in [0, 0.1) is 17.8 Å². The van der Waals surface area contributed by atoms with Gasteiger partial charge in [0.1, 0.15) is 47.5 Å². The molecule has 494 valence electrons. The second-order valence-corrected chi connectivity index (χ2v) is 24.0. The third-order valence-corrected chi connectivity index (χ3v) is 13.6. The van der Waals surface area contributed by atoms with Crippen molar-refractivity contribution in [3.63, 3.8) is 0 Å². The molecule has 0 fully saturated rings. The molecule has 10 N–H and O–H groups in total. The van der Waals surface area contributed by atoms with Crippen molar-refractivity contribution in [2.75, 3.05) is 46.9 Å². The number of Topliss-reactive ketones (excluding diaryl/α,β-unsaturated/α-hetero) is 3. The van der Waals surface area contributed by atoms with Crippen LogP contribution in [0.1, 0.15) is 159 Å². The number of rotatable bonds is 41. The minimum Gasteiger partial charge on any atom is -0.488 e. The fourth-order valence-corrected chi connectivity index (χ4v) is 8.73. The standard InChI is InChI=1S/C62H100N10O16/c1-15-31-86-54(80)28-24-45(59(84)72(30-18-29-66-60(85)88-62(10,11)12)37-53(79)67-46(32-38(4)5)48(74)25-27-51(77)65-14)70-56(81)41(34-42(73)17-3)35-49(75)44(23-26-50(76)64-13)69-58(83)55(39(6)16-2)71-57(82)47(68-52(78)36-63)33-40-19-21-43(22-20-40)87-61(7,8)9/h15,19-22,38-39,41,44-47,55H,1,16-18,23-37,63H2,2-14H3,(H,64,76)(H,65,77)(H,66,85)(H,67,79)(H,68,78)(H,69,83)(H,70,81)(H,71,82)/t39-,41+,44-,45-,46-,47-,55-/m0/s1. The van der Waals surface area contributed by atoms with Gasteiger partial charge in [0, 0.05) is 78.6 Å². The van der Waals surface area contributed by atoms with Gasteiger partial charge in [-0.25, -0.2) is 4.79 Å². The number of alkyl carbamates (subject to hydrolysis) is 1. The Labute approximate surface area is 518 Å². The molecule has 1 rings (SSSR count). The van der Waals surface area contributed by atoms with Crippen LogP contribution >= 0.6 is 0 Å². The smallest absolute Gasteiger partial charge is 0.407 e. The zero-order valence-electron chi connectivity index (χ0n) is 54.0. The molecule has 0 aromatic heterocycles. The van der Waals surface area contributed by atoms with Crippen molar-refractivity contribution < 1.29 is 76.5 Å². The lowest BCUT2D eigenvalue weighted by atomic mass is 9.90. The summed E-state index contributed by atoms with van der Waals surface area (Å²) in [6.45, 7) is 21.1. The number of hydrogen-bond acceptors (Lipinski definition) is 17. The molecule has 0 saturated heterocycles. The number of esters is 1. The molecular formula is C62H100N10O16. The quantitative estimate of drug-likeness (QED) is 0.0258. The van der Waals surface area contributed by atoms with Crippen LogP contribution in [0.3, 0.4) is 0 Å². The molecule has 0 spiro atoms. The van der Waals surface area contributed by atoms with Gasteiger partial charge in [-0.15, -0.1) is 0 Å². The summed E-state index contributed by atoms with van der Waals surface area (Å²) in [5.74, 6) is -10.1. The number of ketones is 3. The van der Waals surface area contributed by atoms with E-state index in [4.69, 9.17) is 19.9 Å². The predicted molar refractivity (Wildman–Crippen MR) is 329 cm³/mol. The van der Waals surface area contributed by atoms with Crippen LogP contribution < -0.4 is 53.0 Å². The Kier molecular flexibility index (Phi) is 35.5. The molecule has 0 saturated carbocycles. The molecule has 1 aromatic rings. The maximum Gasteiger partial charge on any atom is 0.407 e. The van der Waals surface area contributed by atoms with Crippen LogP contribution in [-0.2, 0) is 73.4 Å². The van der Waals surface area contributed by atoms with Gasteiger partial charge in [0.25, 0.3) is 0 Å². The lowest BCUT2D eigenvalue weighted by Gasteiger charge is -2.30. The van der Waals surface area contributed by atoms with Crippen LogP contribution in [0.25, 0.3) is 0 Å². The fourth-order valence-electron chi connectivity index (χ4n) is 8.73. The van der Waals surface area contributed by atoms with Crippen LogP contribution in [0.4, 0.5) is 4.79 Å². The molecule has 26 heteroatoms. The summed E-state index contributed by atoms with van der Waals surface area (Å²) in [6, 6.07) is 0.117. The van der Waals surface area contributed by atoms with Crippen molar-refractivity contribution in [2.45, 2.75) is 201 Å². The van der Waals surface area contributed by atoms with Crippen molar-refractivity contribution >= 4 is 76.7 Å². The Balaban J connectivity index is 3.85. The Morgan fingerprint density at radius 1 is 0.659 bits per heavy atom. The Morgan fingerprint density at radius 2 is 1.26 bits per heavy atom. The molecule has 7 atom stereocenters. The number of nitrogens with one attached hydrogen (secondary N) is 8. The molecule has 1 aromatic carbocycles. The van der Waals surface area contributed by atoms with Gasteiger partial charge in [-0.1, -0.05) is 65.8 Å². The van der Waals surface area contributed by atoms with E-state index in [9.17, 15) is 62.3 Å². The van der Waals surface area contributed by atoms with Crippen molar-refractivity contribution in [1.29, 1.82) is 0 Å². The molecule has 0 radical (unpaired) electrons. The molecule has 88 heavy (non-hydrogen) atoms. The largest absolute Gasteiger partial charge is 0.488 e. The fraction of sp³-hybridized carbons (Fsp3) is 0.661. The van der Waals surface area contributed by atoms with Crippen LogP contribution in [0.5, 0.6) is 5.75 Å². The van der Waals surface area contributed by atoms with E-state index in [0.717, 1.165) is 4.90 Å². The number of hydrogen-bond donors (Lipinski definition) is 9. The summed E-state index contributed by atoms with van der Waals surface area (Å²) in [5, 5.41) is 20.8. The van der Waals surface area contributed by atoms with E-state index in [-0.39, 0.29) is 77.0 Å². The first-order chi connectivity index (χ1) is 41.2. The van der Waals surface area contributed by atoms with Gasteiger partial charge in [0.05, 0.1) is 31.1 Å². The highest BCUT2D eigenvalue weighted by Crippen LogP contribution is 2.21. The molecule has 0 unspecified atom stereocenters. The number of carbonyl (C=O) groups excluding carboxylic acids is 13. The SMILES string of the molecule is C=CCOC(=O)CC[C@H](NC(=O)[C@H](CC(=O)CC)CC(=O)[C@H](CCC(=O)NC)NC(=O)[C@@H](NC(=O)[C@H](Cc1ccc(OC(C)(C)C)cc1)NC(=O)CN)[C@@H](C)CC)C(=O)N(CCCNC(=O)OC(C)(C)C)CC(=O)N[C@@H](CC(C)C)C(=O)CCC(=O)NC. The molecule has 26 nitrogen and oxygen atoms in total. The molecule has 9 amide bonds. The zero-order chi connectivity index (χ0) is 66.9. The molecule has 0 aliphatic carbocycles. The van der Waals surface area contributed by atoms with Crippen molar-refractivity contribution in [2.24, 2.45) is 23.5 Å². The summed E-state index contributed by atoms with van der Waals surface area (Å²) in [4.78, 5) is 178. The summed E-state index contributed by atoms with van der Waals surface area (Å²) in [7, 11) is 2.79. The first-order valence-corrected chi connectivity index (χ1v) is 30.2. The lowest BCUT2D eigenvalue weighted by Crippen LogP contribution is -2.58. The first kappa shape index (κ1) is 78.2. The maximum absolute atomic E-state index is 14.9. The average Bonchev–Trinajstić information content (AvgIpc) is 3.67. The number of nitrogens with zero attached hydrogens (tertiary/aromatic N) is 1. The van der Waals surface area contributed by atoms with Gasteiger partial charge in [-0.3, -0.25) is 57.5 Å². The summed E-state index contributed by atoms with van der Waals surface area (Å²) >= 11 is 0. The van der Waals surface area contributed by atoms with E-state index in [2.05, 4.69) is 49.1 Å². The monoisotopic (exact) mass is 1240 g/mol. The molecule has 0 aliphatic rings. The van der Waals surface area contributed by atoms with Crippen molar-refractivity contribution in [3.8, 4) is 5.75 Å². The predicted octanol–water partition coefficient (Wildman–Crippen LogP) is 2.70. The van der Waals surface area contributed by atoms with Crippen molar-refractivity contribution in [3.05, 3.63) is 42.5 Å². The first-order valence-electron chi connectivity index (χ1n) is 30.2. The highest BCUT2D eigenvalue weighted by molar-refractivity contribution is 5.99. The average molecular weight is 1240 g/mol. The normalized spacial score (nSPS) is 13.7. The van der Waals surface area contributed by atoms with Gasteiger partial charge in [0.15, 0.2) is 11.6 Å². The van der Waals surface area contributed by atoms with E-state index < -0.39 is 169 Å². The Hall–Kier alpha value is -7.77. The third-order valence-electron chi connectivity index (χ3n) is 13.6. The van der Waals surface area contributed by atoms with Gasteiger partial charge in [-0.2, -0.15) is 0 Å². The van der Waals surface area contributed by atoms with E-state index in [1.54, 1.807) is 58.9 Å². The summed E-state index contributed by atoms with van der Waals surface area (Å²) in [5.41, 5.74) is 4.93. The van der Waals surface area contributed by atoms with Crippen LogP contribution in [0.15, 0.2) is 36.9 Å². The second-order valence-electron chi connectivity index (χ2n) is 24.0. The maximum atomic E-state index is 14.9. The van der Waals surface area contributed by atoms with E-state index in [1.807, 2.05) is 34.6 Å². The second kappa shape index (κ2) is 39.9. The number of carbonyl (C=O) groups is 13. The topological polar surface area (TPSA) is 375 Å². The van der Waals surface area contributed by atoms with Gasteiger partial charge < -0.3 is 67.4 Å². The molecule has 0 aliphatic heterocycles. The van der Waals surface area contributed by atoms with Gasteiger partial charge >= 0.3 is 12.1 Å². The summed E-state index contributed by atoms with van der Waals surface area (Å²) in [6.07, 6.45) is -2.17. The molecular weight excluding hydrogens is 1140 g/mol. The molecule has 0 bridgehead atoms. The minimum atomic E-state index is -1.64. The van der Waals surface area contributed by atoms with E-state index in [0.29, 0.717) is 17.7 Å². The number of amides is 9. The third kappa shape index (κ3) is 32.3. The van der Waals surface area contributed by atoms with E-state index in [1.165, 1.54) is 27.1 Å². The minimum absolute atomic E-state index is 0.0155. The highest BCUT2D eigenvalue weighted by Gasteiger charge is 2.37. The van der Waals surface area contributed by atoms with Gasteiger partial charge in [-0.05, 0) is 96.8 Å². The Morgan fingerprint density at radius 3 is 1.82 bits per heavy atom. The Bertz CT molecular complexity index is 2530. The zero-order valence-corrected chi connectivity index (χ0v) is 54.0. The van der Waals surface area contributed by atoms with Crippen LogP contribution in [0.2, 0.25) is 0 Å². The molecule has 0 heterocycles. The van der Waals surface area contributed by atoms with E-state index >= 15 is 0 Å². The lowest BCUT2D eigenvalue weighted by molar-refractivity contribution is -0.144. The van der Waals surface area contributed by atoms with Gasteiger partial charge in [0.2, 0.25) is 47.3 Å².